The second kappa shape index (κ2) is 7.00. The minimum atomic E-state index is -0.137. The molecule has 1 aliphatic rings. The van der Waals surface area contributed by atoms with E-state index in [1.165, 1.54) is 4.52 Å². The van der Waals surface area contributed by atoms with E-state index in [4.69, 9.17) is 5.11 Å². The van der Waals surface area contributed by atoms with Crippen molar-refractivity contribution in [1.29, 1.82) is 0 Å². The molecule has 0 aromatic carbocycles. The third-order valence-electron chi connectivity index (χ3n) is 4.80. The summed E-state index contributed by atoms with van der Waals surface area (Å²) in [6.07, 6.45) is 4.10. The molecule has 4 heterocycles. The molecule has 0 saturated carbocycles. The Labute approximate surface area is 150 Å². The second-order valence-corrected chi connectivity index (χ2v) is 6.83. The largest absolute Gasteiger partial charge is 0.394 e. The van der Waals surface area contributed by atoms with E-state index >= 15 is 0 Å². The average molecular weight is 357 g/mol. The molecule has 0 aliphatic carbocycles. The Morgan fingerprint density at radius 1 is 1.38 bits per heavy atom. The Hall–Kier alpha value is -2.52. The summed E-state index contributed by atoms with van der Waals surface area (Å²) in [6.45, 7) is 4.91. The summed E-state index contributed by atoms with van der Waals surface area (Å²) >= 11 is 0. The molecule has 1 fully saturated rings. The van der Waals surface area contributed by atoms with Gasteiger partial charge in [-0.2, -0.15) is 14.6 Å². The van der Waals surface area contributed by atoms with Gasteiger partial charge in [-0.05, 0) is 32.4 Å². The number of nitrogens with one attached hydrogen (secondary N) is 1. The highest BCUT2D eigenvalue weighted by Crippen LogP contribution is 2.26. The van der Waals surface area contributed by atoms with E-state index in [0.29, 0.717) is 30.6 Å². The number of piperidine rings is 1. The molecule has 9 heteroatoms. The Balaban J connectivity index is 1.48. The van der Waals surface area contributed by atoms with Gasteiger partial charge < -0.3 is 5.11 Å². The van der Waals surface area contributed by atoms with E-state index in [1.54, 1.807) is 17.7 Å². The van der Waals surface area contributed by atoms with Crippen LogP contribution in [0.1, 0.15) is 36.0 Å². The smallest absolute Gasteiger partial charge is 0.274 e. The number of H-pyrrole nitrogens is 1. The van der Waals surface area contributed by atoms with Gasteiger partial charge in [-0.15, -0.1) is 0 Å². The average Bonchev–Trinajstić information content (AvgIpc) is 3.22. The van der Waals surface area contributed by atoms with Crippen LogP contribution >= 0.6 is 0 Å². The SMILES string of the molecule is Cc1nc2nc(CN3CCC[C@H](c4ccn(CCO)n4)C3)cc(=O)n2[nH]1. The van der Waals surface area contributed by atoms with Crippen molar-refractivity contribution >= 4 is 5.78 Å². The van der Waals surface area contributed by atoms with E-state index in [9.17, 15) is 4.79 Å². The van der Waals surface area contributed by atoms with Crippen molar-refractivity contribution in [2.24, 2.45) is 0 Å². The van der Waals surface area contributed by atoms with Crippen LogP contribution in [-0.4, -0.2) is 59.1 Å². The van der Waals surface area contributed by atoms with E-state index in [0.717, 1.165) is 37.3 Å². The first-order valence-corrected chi connectivity index (χ1v) is 8.94. The fourth-order valence-corrected chi connectivity index (χ4v) is 3.61. The number of hydrogen-bond acceptors (Lipinski definition) is 6. The molecule has 1 atom stereocenters. The second-order valence-electron chi connectivity index (χ2n) is 6.83. The van der Waals surface area contributed by atoms with Gasteiger partial charge in [0.25, 0.3) is 11.3 Å². The maximum atomic E-state index is 12.2. The Morgan fingerprint density at radius 2 is 2.27 bits per heavy atom. The van der Waals surface area contributed by atoms with E-state index in [1.807, 2.05) is 12.3 Å². The Kier molecular flexibility index (Phi) is 4.56. The molecule has 138 valence electrons. The summed E-state index contributed by atoms with van der Waals surface area (Å²) in [5, 5.41) is 16.5. The standard InChI is InChI=1S/C17H23N7O2/c1-12-18-17-19-14(9-16(26)24(17)20-12)11-22-5-2-3-13(10-22)15-4-6-23(21-15)7-8-25/h4,6,9,13,25H,2-3,5,7-8,10-11H2,1H3,(H,18,19,20)/t13-/m0/s1. The molecule has 0 spiro atoms. The molecule has 2 N–H and O–H groups in total. The topological polar surface area (TPSA) is 104 Å². The minimum absolute atomic E-state index is 0.0915. The molecule has 9 nitrogen and oxygen atoms in total. The van der Waals surface area contributed by atoms with Gasteiger partial charge in [0.2, 0.25) is 0 Å². The molecule has 3 aromatic heterocycles. The van der Waals surface area contributed by atoms with Crippen molar-refractivity contribution in [1.82, 2.24) is 34.3 Å². The number of aliphatic hydroxyl groups is 1. The zero-order chi connectivity index (χ0) is 18.1. The van der Waals surface area contributed by atoms with Gasteiger partial charge in [0.15, 0.2) is 0 Å². The molecule has 0 radical (unpaired) electrons. The van der Waals surface area contributed by atoms with E-state index < -0.39 is 0 Å². The van der Waals surface area contributed by atoms with Crippen LogP contribution in [-0.2, 0) is 13.1 Å². The van der Waals surface area contributed by atoms with Crippen LogP contribution in [0, 0.1) is 6.92 Å². The van der Waals surface area contributed by atoms with Crippen LogP contribution in [0.2, 0.25) is 0 Å². The number of aromatic amines is 1. The van der Waals surface area contributed by atoms with Gasteiger partial charge in [0.1, 0.15) is 5.82 Å². The van der Waals surface area contributed by atoms with Crippen LogP contribution in [0.5, 0.6) is 0 Å². The summed E-state index contributed by atoms with van der Waals surface area (Å²) in [6, 6.07) is 3.61. The minimum Gasteiger partial charge on any atom is -0.394 e. The Bertz CT molecular complexity index is 958. The lowest BCUT2D eigenvalue weighted by Crippen LogP contribution is -2.34. The molecule has 1 saturated heterocycles. The lowest BCUT2D eigenvalue weighted by atomic mass is 9.95. The van der Waals surface area contributed by atoms with Crippen LogP contribution in [0.25, 0.3) is 5.78 Å². The summed E-state index contributed by atoms with van der Waals surface area (Å²) in [4.78, 5) is 23.3. The predicted octanol–water partition coefficient (Wildman–Crippen LogP) is 0.294. The quantitative estimate of drug-likeness (QED) is 0.680. The molecular formula is C17H23N7O2. The molecule has 0 unspecified atom stereocenters. The number of nitrogens with zero attached hydrogens (tertiary/aromatic N) is 6. The third kappa shape index (κ3) is 3.40. The summed E-state index contributed by atoms with van der Waals surface area (Å²) in [7, 11) is 0. The van der Waals surface area contributed by atoms with Crippen LogP contribution in [0.3, 0.4) is 0 Å². The van der Waals surface area contributed by atoms with E-state index in [-0.39, 0.29) is 12.2 Å². The van der Waals surface area contributed by atoms with Gasteiger partial charge in [0.05, 0.1) is 24.5 Å². The number of rotatable bonds is 5. The van der Waals surface area contributed by atoms with Crippen molar-refractivity contribution in [2.75, 3.05) is 19.7 Å². The fourth-order valence-electron chi connectivity index (χ4n) is 3.61. The lowest BCUT2D eigenvalue weighted by Gasteiger charge is -2.31. The molecular weight excluding hydrogens is 334 g/mol. The normalized spacial score (nSPS) is 18.6. The summed E-state index contributed by atoms with van der Waals surface area (Å²) in [5.41, 5.74) is 1.67. The van der Waals surface area contributed by atoms with Crippen molar-refractivity contribution in [3.05, 3.63) is 45.9 Å². The monoisotopic (exact) mass is 357 g/mol. The molecule has 3 aromatic rings. The highest BCUT2D eigenvalue weighted by Gasteiger charge is 2.24. The zero-order valence-corrected chi connectivity index (χ0v) is 14.8. The number of aliphatic hydroxyl groups excluding tert-OH is 1. The number of aromatic nitrogens is 6. The lowest BCUT2D eigenvalue weighted by molar-refractivity contribution is 0.195. The zero-order valence-electron chi connectivity index (χ0n) is 14.8. The van der Waals surface area contributed by atoms with Crippen molar-refractivity contribution < 1.29 is 5.11 Å². The molecule has 0 bridgehead atoms. The summed E-state index contributed by atoms with van der Waals surface area (Å²) < 4.78 is 3.15. The summed E-state index contributed by atoms with van der Waals surface area (Å²) in [5.74, 6) is 1.45. The first kappa shape index (κ1) is 16.9. The van der Waals surface area contributed by atoms with Gasteiger partial charge in [0, 0.05) is 31.3 Å². The number of likely N-dealkylation sites (tertiary alicyclic amines) is 1. The number of aryl methyl sites for hydroxylation is 1. The maximum Gasteiger partial charge on any atom is 0.274 e. The van der Waals surface area contributed by atoms with Crippen LogP contribution in [0.15, 0.2) is 23.1 Å². The van der Waals surface area contributed by atoms with Crippen LogP contribution in [0.4, 0.5) is 0 Å². The number of fused-ring (bicyclic) bond motifs is 1. The van der Waals surface area contributed by atoms with Gasteiger partial charge in [-0.3, -0.25) is 19.5 Å². The highest BCUT2D eigenvalue weighted by atomic mass is 16.3. The fraction of sp³-hybridized carbons (Fsp3) is 0.529. The predicted molar refractivity (Wildman–Crippen MR) is 94.9 cm³/mol. The van der Waals surface area contributed by atoms with Crippen molar-refractivity contribution in [3.8, 4) is 0 Å². The molecule has 0 amide bonds. The van der Waals surface area contributed by atoms with Crippen molar-refractivity contribution in [3.63, 3.8) is 0 Å². The van der Waals surface area contributed by atoms with Gasteiger partial charge >= 0.3 is 0 Å². The Morgan fingerprint density at radius 3 is 3.12 bits per heavy atom. The molecule has 4 rings (SSSR count). The third-order valence-corrected chi connectivity index (χ3v) is 4.80. The first-order chi connectivity index (χ1) is 12.6. The first-order valence-electron chi connectivity index (χ1n) is 8.94. The van der Waals surface area contributed by atoms with Crippen molar-refractivity contribution in [2.45, 2.75) is 38.8 Å². The molecule has 1 aliphatic heterocycles. The van der Waals surface area contributed by atoms with Crippen LogP contribution < -0.4 is 5.56 Å². The number of hydrogen-bond donors (Lipinski definition) is 2. The van der Waals surface area contributed by atoms with Gasteiger partial charge in [-0.25, -0.2) is 4.98 Å². The maximum absolute atomic E-state index is 12.2. The van der Waals surface area contributed by atoms with Gasteiger partial charge in [-0.1, -0.05) is 0 Å². The van der Waals surface area contributed by atoms with E-state index in [2.05, 4.69) is 25.1 Å². The molecule has 26 heavy (non-hydrogen) atoms. The highest BCUT2D eigenvalue weighted by molar-refractivity contribution is 5.27.